The van der Waals surface area contributed by atoms with E-state index in [0.717, 1.165) is 25.8 Å². The quantitative estimate of drug-likeness (QED) is 0.633. The van der Waals surface area contributed by atoms with Crippen molar-refractivity contribution in [3.8, 4) is 0 Å². The summed E-state index contributed by atoms with van der Waals surface area (Å²) < 4.78 is 5.09. The Balaban J connectivity index is 1.77. The lowest BCUT2D eigenvalue weighted by atomic mass is 9.77. The van der Waals surface area contributed by atoms with Crippen LogP contribution < -0.4 is 0 Å². The van der Waals surface area contributed by atoms with E-state index in [4.69, 9.17) is 4.74 Å². The summed E-state index contributed by atoms with van der Waals surface area (Å²) in [5.74, 6) is -0.823. The van der Waals surface area contributed by atoms with Crippen molar-refractivity contribution in [2.75, 3.05) is 6.61 Å². The van der Waals surface area contributed by atoms with Crippen molar-refractivity contribution in [3.63, 3.8) is 0 Å². The van der Waals surface area contributed by atoms with E-state index in [9.17, 15) is 9.59 Å². The minimum atomic E-state index is -0.553. The standard InChI is InChI=1S/C18H23NO3/c1-2-22-18(21)15-11-14-9-6-10-16(17(15)20)19(14)12-13-7-4-3-5-8-13/h3-5,7-8,14-16H,2,6,9-12H2,1H3. The van der Waals surface area contributed by atoms with Crippen molar-refractivity contribution in [1.29, 1.82) is 0 Å². The average Bonchev–Trinajstić information content (AvgIpc) is 2.52. The molecule has 0 radical (unpaired) electrons. The van der Waals surface area contributed by atoms with Gasteiger partial charge in [-0.3, -0.25) is 14.5 Å². The van der Waals surface area contributed by atoms with Crippen molar-refractivity contribution in [1.82, 2.24) is 4.90 Å². The summed E-state index contributed by atoms with van der Waals surface area (Å²) in [6, 6.07) is 10.4. The number of hydrogen-bond donors (Lipinski definition) is 0. The fourth-order valence-electron chi connectivity index (χ4n) is 3.80. The Bertz CT molecular complexity index is 543. The molecule has 0 spiro atoms. The minimum absolute atomic E-state index is 0.0605. The maximum absolute atomic E-state index is 12.7. The lowest BCUT2D eigenvalue weighted by molar-refractivity contribution is -0.159. The van der Waals surface area contributed by atoms with E-state index in [1.165, 1.54) is 5.56 Å². The summed E-state index contributed by atoms with van der Waals surface area (Å²) in [5, 5.41) is 0. The van der Waals surface area contributed by atoms with Gasteiger partial charge in [-0.15, -0.1) is 0 Å². The molecular formula is C18H23NO3. The molecule has 4 heteroatoms. The number of ether oxygens (including phenoxy) is 1. The van der Waals surface area contributed by atoms with E-state index in [1.807, 2.05) is 18.2 Å². The summed E-state index contributed by atoms with van der Waals surface area (Å²) in [4.78, 5) is 27.1. The highest BCUT2D eigenvalue weighted by molar-refractivity contribution is 6.02. The van der Waals surface area contributed by atoms with Crippen LogP contribution in [0.2, 0.25) is 0 Å². The topological polar surface area (TPSA) is 46.6 Å². The van der Waals surface area contributed by atoms with Crippen LogP contribution in [0.3, 0.4) is 0 Å². The SMILES string of the molecule is CCOC(=O)C1CC2CCCC(C1=O)N2Cc1ccccc1. The molecule has 2 aliphatic rings. The van der Waals surface area contributed by atoms with Gasteiger partial charge in [-0.1, -0.05) is 30.3 Å². The molecule has 2 saturated heterocycles. The highest BCUT2D eigenvalue weighted by Crippen LogP contribution is 2.36. The Kier molecular flexibility index (Phi) is 4.57. The summed E-state index contributed by atoms with van der Waals surface area (Å²) in [6.45, 7) is 2.91. The average molecular weight is 301 g/mol. The van der Waals surface area contributed by atoms with Crippen molar-refractivity contribution >= 4 is 11.8 Å². The zero-order chi connectivity index (χ0) is 15.5. The van der Waals surface area contributed by atoms with Gasteiger partial charge in [0.2, 0.25) is 0 Å². The van der Waals surface area contributed by atoms with Gasteiger partial charge in [0.05, 0.1) is 12.6 Å². The smallest absolute Gasteiger partial charge is 0.316 e. The number of hydrogen-bond acceptors (Lipinski definition) is 4. The first-order valence-electron chi connectivity index (χ1n) is 8.20. The number of piperidine rings is 2. The molecule has 0 aliphatic carbocycles. The van der Waals surface area contributed by atoms with Gasteiger partial charge in [0.1, 0.15) is 5.92 Å². The number of carbonyl (C=O) groups excluding carboxylic acids is 2. The molecule has 4 nitrogen and oxygen atoms in total. The van der Waals surface area contributed by atoms with Crippen molar-refractivity contribution in [3.05, 3.63) is 35.9 Å². The number of esters is 1. The van der Waals surface area contributed by atoms with E-state index >= 15 is 0 Å². The van der Waals surface area contributed by atoms with Crippen LogP contribution in [-0.2, 0) is 20.9 Å². The molecule has 0 amide bonds. The third-order valence-electron chi connectivity index (χ3n) is 4.84. The molecule has 2 fully saturated rings. The van der Waals surface area contributed by atoms with Crippen LogP contribution >= 0.6 is 0 Å². The third-order valence-corrected chi connectivity index (χ3v) is 4.84. The maximum atomic E-state index is 12.7. The van der Waals surface area contributed by atoms with Gasteiger partial charge in [0.25, 0.3) is 0 Å². The zero-order valence-electron chi connectivity index (χ0n) is 13.0. The summed E-state index contributed by atoms with van der Waals surface area (Å²) in [5.41, 5.74) is 1.22. The van der Waals surface area contributed by atoms with Gasteiger partial charge in [0, 0.05) is 12.6 Å². The van der Waals surface area contributed by atoms with E-state index in [1.54, 1.807) is 6.92 Å². The number of rotatable bonds is 4. The summed E-state index contributed by atoms with van der Waals surface area (Å²) >= 11 is 0. The van der Waals surface area contributed by atoms with Crippen LogP contribution in [0.4, 0.5) is 0 Å². The molecule has 3 rings (SSSR count). The van der Waals surface area contributed by atoms with Gasteiger partial charge < -0.3 is 4.74 Å². The summed E-state index contributed by atoms with van der Waals surface area (Å²) in [6.07, 6.45) is 3.60. The third kappa shape index (κ3) is 2.93. The van der Waals surface area contributed by atoms with Crippen molar-refractivity contribution in [2.45, 2.75) is 51.2 Å². The molecule has 2 aliphatic heterocycles. The first-order chi connectivity index (χ1) is 10.7. The van der Waals surface area contributed by atoms with Gasteiger partial charge in [-0.25, -0.2) is 0 Å². The molecule has 3 unspecified atom stereocenters. The van der Waals surface area contributed by atoms with E-state index in [-0.39, 0.29) is 17.8 Å². The lowest BCUT2D eigenvalue weighted by Crippen LogP contribution is -2.58. The number of carbonyl (C=O) groups is 2. The van der Waals surface area contributed by atoms with E-state index < -0.39 is 5.92 Å². The number of Topliss-reactive ketones (excluding diaryl/α,β-unsaturated/α-hetero) is 1. The van der Waals surface area contributed by atoms with Crippen LogP contribution in [0, 0.1) is 5.92 Å². The highest BCUT2D eigenvalue weighted by Gasteiger charge is 2.47. The molecule has 22 heavy (non-hydrogen) atoms. The Hall–Kier alpha value is -1.68. The highest BCUT2D eigenvalue weighted by atomic mass is 16.5. The number of benzene rings is 1. The Morgan fingerprint density at radius 3 is 2.77 bits per heavy atom. The van der Waals surface area contributed by atoms with Crippen molar-refractivity contribution in [2.24, 2.45) is 5.92 Å². The second-order valence-electron chi connectivity index (χ2n) is 6.20. The van der Waals surface area contributed by atoms with Gasteiger partial charge in [-0.05, 0) is 38.2 Å². The number of ketones is 1. The largest absolute Gasteiger partial charge is 0.465 e. The second-order valence-corrected chi connectivity index (χ2v) is 6.20. The Labute approximate surface area is 131 Å². The second kappa shape index (κ2) is 6.61. The molecule has 1 aromatic carbocycles. The first-order valence-corrected chi connectivity index (χ1v) is 8.20. The number of nitrogens with zero attached hydrogens (tertiary/aromatic N) is 1. The van der Waals surface area contributed by atoms with Crippen LogP contribution in [0.1, 0.15) is 38.2 Å². The molecule has 2 bridgehead atoms. The zero-order valence-corrected chi connectivity index (χ0v) is 13.0. The molecule has 118 valence electrons. The monoisotopic (exact) mass is 301 g/mol. The molecular weight excluding hydrogens is 278 g/mol. The van der Waals surface area contributed by atoms with E-state index in [2.05, 4.69) is 17.0 Å². The molecule has 0 saturated carbocycles. The predicted octanol–water partition coefficient (Wildman–Crippen LogP) is 2.56. The minimum Gasteiger partial charge on any atom is -0.465 e. The normalized spacial score (nSPS) is 28.4. The molecule has 0 aromatic heterocycles. The molecule has 3 atom stereocenters. The van der Waals surface area contributed by atoms with Crippen LogP contribution in [0.15, 0.2) is 30.3 Å². The van der Waals surface area contributed by atoms with Crippen molar-refractivity contribution < 1.29 is 14.3 Å². The van der Waals surface area contributed by atoms with E-state index in [0.29, 0.717) is 19.1 Å². The van der Waals surface area contributed by atoms with Gasteiger partial charge in [0.15, 0.2) is 5.78 Å². The fourth-order valence-corrected chi connectivity index (χ4v) is 3.80. The maximum Gasteiger partial charge on any atom is 0.316 e. The Morgan fingerprint density at radius 1 is 1.27 bits per heavy atom. The van der Waals surface area contributed by atoms with Crippen LogP contribution in [-0.4, -0.2) is 35.3 Å². The Morgan fingerprint density at radius 2 is 2.05 bits per heavy atom. The number of fused-ring (bicyclic) bond motifs is 2. The summed E-state index contributed by atoms with van der Waals surface area (Å²) in [7, 11) is 0. The molecule has 1 aromatic rings. The molecule has 2 heterocycles. The van der Waals surface area contributed by atoms with Crippen LogP contribution in [0.5, 0.6) is 0 Å². The predicted molar refractivity (Wildman–Crippen MR) is 83.2 cm³/mol. The fraction of sp³-hybridized carbons (Fsp3) is 0.556. The first kappa shape index (κ1) is 15.2. The molecule has 0 N–H and O–H groups in total. The lowest BCUT2D eigenvalue weighted by Gasteiger charge is -2.47. The van der Waals surface area contributed by atoms with Crippen LogP contribution in [0.25, 0.3) is 0 Å². The van der Waals surface area contributed by atoms with Gasteiger partial charge in [-0.2, -0.15) is 0 Å². The van der Waals surface area contributed by atoms with Gasteiger partial charge >= 0.3 is 5.97 Å².